The first-order chi connectivity index (χ1) is 8.58. The van der Waals surface area contributed by atoms with Crippen molar-refractivity contribution < 1.29 is 14.3 Å². The Hall–Kier alpha value is -2.50. The Kier molecular flexibility index (Phi) is 3.18. The second kappa shape index (κ2) is 4.79. The van der Waals surface area contributed by atoms with E-state index in [9.17, 15) is 9.18 Å². The number of aromatic carboxylic acids is 1. The lowest BCUT2D eigenvalue weighted by Crippen LogP contribution is -2.06. The molecule has 0 aliphatic carbocycles. The molecule has 0 bridgehead atoms. The summed E-state index contributed by atoms with van der Waals surface area (Å²) in [6.45, 7) is 1.84. The van der Waals surface area contributed by atoms with Gasteiger partial charge in [0.25, 0.3) is 0 Å². The van der Waals surface area contributed by atoms with E-state index in [1.54, 1.807) is 18.5 Å². The van der Waals surface area contributed by atoms with Gasteiger partial charge in [0, 0.05) is 6.20 Å². The molecule has 0 fully saturated rings. The minimum Gasteiger partial charge on any atom is -0.478 e. The van der Waals surface area contributed by atoms with Gasteiger partial charge in [0.15, 0.2) is 0 Å². The number of aromatic nitrogens is 2. The molecule has 2 aromatic heterocycles. The van der Waals surface area contributed by atoms with E-state index in [2.05, 4.69) is 15.3 Å². The molecule has 0 atom stereocenters. The van der Waals surface area contributed by atoms with Gasteiger partial charge in [-0.25, -0.2) is 14.2 Å². The summed E-state index contributed by atoms with van der Waals surface area (Å²) in [5.41, 5.74) is 1.28. The molecule has 92 valence electrons. The van der Waals surface area contributed by atoms with Crippen LogP contribution in [0, 0.1) is 12.7 Å². The SMILES string of the molecule is Cc1ccncc1Nc1ncc(F)cc1C(=O)O. The van der Waals surface area contributed by atoms with Crippen LogP contribution in [0.4, 0.5) is 15.9 Å². The van der Waals surface area contributed by atoms with Crippen molar-refractivity contribution in [1.29, 1.82) is 0 Å². The van der Waals surface area contributed by atoms with Crippen LogP contribution < -0.4 is 5.32 Å². The fourth-order valence-electron chi connectivity index (χ4n) is 1.42. The number of carbonyl (C=O) groups is 1. The number of hydrogen-bond acceptors (Lipinski definition) is 4. The number of anilines is 2. The van der Waals surface area contributed by atoms with E-state index in [0.29, 0.717) is 5.69 Å². The van der Waals surface area contributed by atoms with Crippen LogP contribution in [0.25, 0.3) is 0 Å². The minimum atomic E-state index is -1.24. The minimum absolute atomic E-state index is 0.0833. The fourth-order valence-corrected chi connectivity index (χ4v) is 1.42. The number of rotatable bonds is 3. The Labute approximate surface area is 102 Å². The molecular formula is C12H10FN3O2. The Morgan fingerprint density at radius 1 is 1.44 bits per heavy atom. The lowest BCUT2D eigenvalue weighted by Gasteiger charge is -2.10. The first kappa shape index (κ1) is 12.0. The summed E-state index contributed by atoms with van der Waals surface area (Å²) in [5, 5.41) is 11.8. The van der Waals surface area contributed by atoms with Gasteiger partial charge >= 0.3 is 5.97 Å². The summed E-state index contributed by atoms with van der Waals surface area (Å²) in [5.74, 6) is -1.85. The van der Waals surface area contributed by atoms with E-state index in [0.717, 1.165) is 17.8 Å². The molecule has 2 aromatic rings. The molecule has 2 heterocycles. The molecule has 0 spiro atoms. The summed E-state index contributed by atoms with van der Waals surface area (Å²) in [7, 11) is 0. The molecule has 0 aromatic carbocycles. The second-order valence-corrected chi connectivity index (χ2v) is 3.67. The number of aryl methyl sites for hydroxylation is 1. The molecule has 0 aliphatic heterocycles. The van der Waals surface area contributed by atoms with Crippen LogP contribution in [0.1, 0.15) is 15.9 Å². The zero-order chi connectivity index (χ0) is 13.1. The van der Waals surface area contributed by atoms with Crippen LogP contribution in [0.5, 0.6) is 0 Å². The molecule has 0 amide bonds. The van der Waals surface area contributed by atoms with Gasteiger partial charge in [0.2, 0.25) is 0 Å². The maximum Gasteiger partial charge on any atom is 0.339 e. The predicted octanol–water partition coefficient (Wildman–Crippen LogP) is 2.37. The smallest absolute Gasteiger partial charge is 0.339 e. The summed E-state index contributed by atoms with van der Waals surface area (Å²) in [4.78, 5) is 18.6. The Morgan fingerprint density at radius 2 is 2.22 bits per heavy atom. The average molecular weight is 247 g/mol. The number of carboxylic acids is 1. The van der Waals surface area contributed by atoms with Gasteiger partial charge in [-0.1, -0.05) is 0 Å². The topological polar surface area (TPSA) is 75.1 Å². The third-order valence-corrected chi connectivity index (χ3v) is 2.38. The second-order valence-electron chi connectivity index (χ2n) is 3.67. The Bertz CT molecular complexity index is 602. The summed E-state index contributed by atoms with van der Waals surface area (Å²) in [6, 6.07) is 2.69. The highest BCUT2D eigenvalue weighted by molar-refractivity contribution is 5.94. The summed E-state index contributed by atoms with van der Waals surface area (Å²) in [6.07, 6.45) is 4.13. The maximum atomic E-state index is 13.0. The molecule has 0 saturated carbocycles. The normalized spacial score (nSPS) is 10.1. The Balaban J connectivity index is 2.41. The highest BCUT2D eigenvalue weighted by Crippen LogP contribution is 2.21. The van der Waals surface area contributed by atoms with E-state index in [4.69, 9.17) is 5.11 Å². The van der Waals surface area contributed by atoms with Gasteiger partial charge in [-0.2, -0.15) is 0 Å². The first-order valence-corrected chi connectivity index (χ1v) is 5.14. The molecule has 0 saturated heterocycles. The van der Waals surface area contributed by atoms with Crippen molar-refractivity contribution in [3.63, 3.8) is 0 Å². The van der Waals surface area contributed by atoms with E-state index in [1.807, 2.05) is 6.92 Å². The molecule has 5 nitrogen and oxygen atoms in total. The molecular weight excluding hydrogens is 237 g/mol. The van der Waals surface area contributed by atoms with Crippen molar-refractivity contribution in [1.82, 2.24) is 9.97 Å². The van der Waals surface area contributed by atoms with Crippen molar-refractivity contribution in [2.24, 2.45) is 0 Å². The average Bonchev–Trinajstić information content (AvgIpc) is 2.34. The molecule has 6 heteroatoms. The van der Waals surface area contributed by atoms with Crippen LogP contribution in [-0.4, -0.2) is 21.0 Å². The number of pyridine rings is 2. The van der Waals surface area contributed by atoms with Gasteiger partial charge in [0.05, 0.1) is 18.1 Å². The van der Waals surface area contributed by atoms with Gasteiger partial charge in [-0.3, -0.25) is 4.98 Å². The maximum absolute atomic E-state index is 13.0. The third kappa shape index (κ3) is 2.42. The summed E-state index contributed by atoms with van der Waals surface area (Å²) >= 11 is 0. The first-order valence-electron chi connectivity index (χ1n) is 5.14. The van der Waals surface area contributed by atoms with E-state index in [-0.39, 0.29) is 11.4 Å². The van der Waals surface area contributed by atoms with Crippen molar-refractivity contribution in [2.75, 3.05) is 5.32 Å². The van der Waals surface area contributed by atoms with Gasteiger partial charge in [-0.05, 0) is 24.6 Å². The van der Waals surface area contributed by atoms with E-state index < -0.39 is 11.8 Å². The fraction of sp³-hybridized carbons (Fsp3) is 0.0833. The predicted molar refractivity (Wildman–Crippen MR) is 63.4 cm³/mol. The number of carboxylic acid groups (broad SMARTS) is 1. The third-order valence-electron chi connectivity index (χ3n) is 2.38. The molecule has 2 N–H and O–H groups in total. The van der Waals surface area contributed by atoms with Gasteiger partial charge in [0.1, 0.15) is 17.2 Å². The lowest BCUT2D eigenvalue weighted by atomic mass is 10.2. The molecule has 0 radical (unpaired) electrons. The van der Waals surface area contributed by atoms with Crippen LogP contribution >= 0.6 is 0 Å². The quantitative estimate of drug-likeness (QED) is 0.870. The van der Waals surface area contributed by atoms with E-state index >= 15 is 0 Å². The number of halogens is 1. The van der Waals surface area contributed by atoms with Crippen LogP contribution in [0.3, 0.4) is 0 Å². The molecule has 0 unspecified atom stereocenters. The van der Waals surface area contributed by atoms with Crippen molar-refractivity contribution in [2.45, 2.75) is 6.92 Å². The standard InChI is InChI=1S/C12H10FN3O2/c1-7-2-3-14-6-10(7)16-11-9(12(17)18)4-8(13)5-15-11/h2-6H,1H3,(H,15,16)(H,17,18). The van der Waals surface area contributed by atoms with Gasteiger partial charge < -0.3 is 10.4 Å². The monoisotopic (exact) mass is 247 g/mol. The van der Waals surface area contributed by atoms with Crippen LogP contribution in [-0.2, 0) is 0 Å². The molecule has 2 rings (SSSR count). The van der Waals surface area contributed by atoms with Crippen molar-refractivity contribution >= 4 is 17.5 Å². The largest absolute Gasteiger partial charge is 0.478 e. The van der Waals surface area contributed by atoms with Crippen LogP contribution in [0.2, 0.25) is 0 Å². The summed E-state index contributed by atoms with van der Waals surface area (Å²) < 4.78 is 13.0. The lowest BCUT2D eigenvalue weighted by molar-refractivity contribution is 0.0697. The molecule has 18 heavy (non-hydrogen) atoms. The molecule has 0 aliphatic rings. The Morgan fingerprint density at radius 3 is 2.89 bits per heavy atom. The zero-order valence-corrected chi connectivity index (χ0v) is 9.51. The number of hydrogen-bond donors (Lipinski definition) is 2. The van der Waals surface area contributed by atoms with E-state index in [1.165, 1.54) is 0 Å². The van der Waals surface area contributed by atoms with Crippen molar-refractivity contribution in [3.05, 3.63) is 47.7 Å². The van der Waals surface area contributed by atoms with Crippen molar-refractivity contribution in [3.8, 4) is 0 Å². The highest BCUT2D eigenvalue weighted by Gasteiger charge is 2.13. The van der Waals surface area contributed by atoms with Crippen LogP contribution in [0.15, 0.2) is 30.7 Å². The number of nitrogens with one attached hydrogen (secondary N) is 1. The zero-order valence-electron chi connectivity index (χ0n) is 9.51. The number of nitrogens with zero attached hydrogens (tertiary/aromatic N) is 2. The highest BCUT2D eigenvalue weighted by atomic mass is 19.1. The van der Waals surface area contributed by atoms with Gasteiger partial charge in [-0.15, -0.1) is 0 Å².